The lowest BCUT2D eigenvalue weighted by Gasteiger charge is -2.26. The van der Waals surface area contributed by atoms with Gasteiger partial charge in [-0.2, -0.15) is 0 Å². The molecule has 2 aromatic carbocycles. The first-order valence-electron chi connectivity index (χ1n) is 9.01. The molecule has 0 aromatic heterocycles. The SMILES string of the molecule is COc1ccc([C@@H](CNC[C@H](O)COCc2ccc(Cl)cc2)N(C)C)cc1. The van der Waals surface area contributed by atoms with Crippen molar-refractivity contribution in [3.8, 4) is 5.75 Å². The molecule has 0 spiro atoms. The standard InChI is InChI=1S/C21H29ClN2O3/c1-24(2)21(17-6-10-20(26-3)11-7-17)13-23-12-19(25)15-27-14-16-4-8-18(22)9-5-16/h4-11,19,21,23,25H,12-15H2,1-3H3/t19-,21+/m0/s1. The van der Waals surface area contributed by atoms with Gasteiger partial charge in [-0.15, -0.1) is 0 Å². The third-order valence-corrected chi connectivity index (χ3v) is 4.59. The van der Waals surface area contributed by atoms with Crippen LogP contribution in [0.3, 0.4) is 0 Å². The van der Waals surface area contributed by atoms with Crippen LogP contribution < -0.4 is 10.1 Å². The maximum absolute atomic E-state index is 10.1. The predicted molar refractivity (Wildman–Crippen MR) is 109 cm³/mol. The molecule has 5 nitrogen and oxygen atoms in total. The van der Waals surface area contributed by atoms with Crippen LogP contribution in [0.25, 0.3) is 0 Å². The summed E-state index contributed by atoms with van der Waals surface area (Å²) in [5.74, 6) is 0.845. The van der Waals surface area contributed by atoms with Crippen molar-refractivity contribution >= 4 is 11.6 Å². The van der Waals surface area contributed by atoms with E-state index in [-0.39, 0.29) is 12.6 Å². The number of likely N-dealkylation sites (N-methyl/N-ethyl adjacent to an activating group) is 1. The molecule has 148 valence electrons. The molecule has 0 aliphatic rings. The maximum atomic E-state index is 10.1. The number of hydrogen-bond acceptors (Lipinski definition) is 5. The van der Waals surface area contributed by atoms with E-state index in [2.05, 4.69) is 22.3 Å². The van der Waals surface area contributed by atoms with Gasteiger partial charge >= 0.3 is 0 Å². The Bertz CT molecular complexity index is 662. The number of halogens is 1. The van der Waals surface area contributed by atoms with Crippen molar-refractivity contribution in [3.05, 3.63) is 64.7 Å². The van der Waals surface area contributed by atoms with Gasteiger partial charge in [0.1, 0.15) is 5.75 Å². The summed E-state index contributed by atoms with van der Waals surface area (Å²) in [7, 11) is 5.75. The average Bonchev–Trinajstić information content (AvgIpc) is 2.67. The lowest BCUT2D eigenvalue weighted by molar-refractivity contribution is 0.0283. The molecular formula is C21H29ClN2O3. The molecule has 0 saturated carbocycles. The Kier molecular flexibility index (Phi) is 9.04. The summed E-state index contributed by atoms with van der Waals surface area (Å²) in [6, 6.07) is 15.8. The fourth-order valence-electron chi connectivity index (χ4n) is 2.76. The molecule has 0 unspecified atom stereocenters. The third-order valence-electron chi connectivity index (χ3n) is 4.33. The van der Waals surface area contributed by atoms with Crippen LogP contribution in [-0.2, 0) is 11.3 Å². The van der Waals surface area contributed by atoms with E-state index in [4.69, 9.17) is 21.1 Å². The van der Waals surface area contributed by atoms with Gasteiger partial charge in [0, 0.05) is 24.2 Å². The molecule has 0 bridgehead atoms. The van der Waals surface area contributed by atoms with Gasteiger partial charge < -0.3 is 24.8 Å². The minimum atomic E-state index is -0.559. The Labute approximate surface area is 166 Å². The molecule has 2 rings (SSSR count). The Morgan fingerprint density at radius 2 is 1.70 bits per heavy atom. The number of aliphatic hydroxyl groups is 1. The molecule has 0 amide bonds. The van der Waals surface area contributed by atoms with Gasteiger partial charge in [0.2, 0.25) is 0 Å². The third kappa shape index (κ3) is 7.48. The summed E-state index contributed by atoms with van der Waals surface area (Å²) in [5, 5.41) is 14.2. The van der Waals surface area contributed by atoms with Gasteiger partial charge in [-0.3, -0.25) is 0 Å². The van der Waals surface area contributed by atoms with Crippen LogP contribution in [0.2, 0.25) is 5.02 Å². The van der Waals surface area contributed by atoms with Crippen molar-refractivity contribution < 1.29 is 14.6 Å². The van der Waals surface area contributed by atoms with Crippen molar-refractivity contribution in [2.45, 2.75) is 18.8 Å². The van der Waals surface area contributed by atoms with E-state index in [1.807, 2.05) is 50.5 Å². The van der Waals surface area contributed by atoms with Crippen LogP contribution in [0, 0.1) is 0 Å². The van der Waals surface area contributed by atoms with Gasteiger partial charge in [-0.25, -0.2) is 0 Å². The molecule has 2 N–H and O–H groups in total. The summed E-state index contributed by atoms with van der Waals surface area (Å²) in [4.78, 5) is 2.15. The minimum Gasteiger partial charge on any atom is -0.497 e. The molecule has 0 aliphatic heterocycles. The average molecular weight is 393 g/mol. The van der Waals surface area contributed by atoms with Crippen molar-refractivity contribution in [2.75, 3.05) is 40.9 Å². The number of rotatable bonds is 11. The fourth-order valence-corrected chi connectivity index (χ4v) is 2.89. The fraction of sp³-hybridized carbons (Fsp3) is 0.429. The predicted octanol–water partition coefficient (Wildman–Crippen LogP) is 3.12. The van der Waals surface area contributed by atoms with Gasteiger partial charge in [0.05, 0.1) is 26.4 Å². The summed E-state index contributed by atoms with van der Waals surface area (Å²) in [6.07, 6.45) is -0.559. The number of aliphatic hydroxyl groups excluding tert-OH is 1. The minimum absolute atomic E-state index is 0.207. The normalized spacial score (nSPS) is 13.6. The Morgan fingerprint density at radius 1 is 1.04 bits per heavy atom. The maximum Gasteiger partial charge on any atom is 0.118 e. The summed E-state index contributed by atoms with van der Waals surface area (Å²) in [6.45, 7) is 1.94. The van der Waals surface area contributed by atoms with Crippen LogP contribution in [0.15, 0.2) is 48.5 Å². The van der Waals surface area contributed by atoms with E-state index < -0.39 is 6.10 Å². The summed E-state index contributed by atoms with van der Waals surface area (Å²) in [5.41, 5.74) is 2.23. The van der Waals surface area contributed by atoms with Crippen molar-refractivity contribution in [1.82, 2.24) is 10.2 Å². The van der Waals surface area contributed by atoms with Crippen LogP contribution in [0.4, 0.5) is 0 Å². The molecule has 0 heterocycles. The Hall–Kier alpha value is -1.63. The highest BCUT2D eigenvalue weighted by molar-refractivity contribution is 6.30. The van der Waals surface area contributed by atoms with E-state index in [1.165, 1.54) is 5.56 Å². The molecule has 0 saturated heterocycles. The highest BCUT2D eigenvalue weighted by Crippen LogP contribution is 2.20. The van der Waals surface area contributed by atoms with Gasteiger partial charge in [-0.1, -0.05) is 35.9 Å². The molecule has 0 fully saturated rings. The smallest absolute Gasteiger partial charge is 0.118 e. The number of ether oxygens (including phenoxy) is 2. The lowest BCUT2D eigenvalue weighted by Crippen LogP contribution is -2.36. The first-order chi connectivity index (χ1) is 13.0. The number of methoxy groups -OCH3 is 1. The largest absolute Gasteiger partial charge is 0.497 e. The summed E-state index contributed by atoms with van der Waals surface area (Å²) >= 11 is 5.86. The van der Waals surface area contributed by atoms with E-state index in [0.717, 1.165) is 17.9 Å². The van der Waals surface area contributed by atoms with E-state index in [0.29, 0.717) is 18.2 Å². The highest BCUT2D eigenvalue weighted by atomic mass is 35.5. The highest BCUT2D eigenvalue weighted by Gasteiger charge is 2.14. The van der Waals surface area contributed by atoms with Crippen molar-refractivity contribution in [2.24, 2.45) is 0 Å². The second kappa shape index (κ2) is 11.3. The van der Waals surface area contributed by atoms with E-state index >= 15 is 0 Å². The van der Waals surface area contributed by atoms with Crippen molar-refractivity contribution in [1.29, 1.82) is 0 Å². The number of hydrogen-bond donors (Lipinski definition) is 2. The van der Waals surface area contributed by atoms with Gasteiger partial charge in [-0.05, 0) is 49.5 Å². The van der Waals surface area contributed by atoms with E-state index in [9.17, 15) is 5.11 Å². The zero-order valence-electron chi connectivity index (χ0n) is 16.2. The van der Waals surface area contributed by atoms with Crippen LogP contribution in [0.1, 0.15) is 17.2 Å². The monoisotopic (exact) mass is 392 g/mol. The second-order valence-corrected chi connectivity index (χ2v) is 7.14. The first kappa shape index (κ1) is 21.7. The van der Waals surface area contributed by atoms with Crippen LogP contribution >= 0.6 is 11.6 Å². The zero-order valence-corrected chi connectivity index (χ0v) is 16.9. The molecule has 6 heteroatoms. The van der Waals surface area contributed by atoms with Crippen LogP contribution in [-0.4, -0.2) is 57.0 Å². The molecule has 0 radical (unpaired) electrons. The number of benzene rings is 2. The second-order valence-electron chi connectivity index (χ2n) is 6.71. The molecule has 2 aromatic rings. The lowest BCUT2D eigenvalue weighted by atomic mass is 10.1. The van der Waals surface area contributed by atoms with E-state index in [1.54, 1.807) is 7.11 Å². The van der Waals surface area contributed by atoms with Crippen molar-refractivity contribution in [3.63, 3.8) is 0 Å². The van der Waals surface area contributed by atoms with Gasteiger partial charge in [0.15, 0.2) is 0 Å². The molecular weight excluding hydrogens is 364 g/mol. The molecule has 2 atom stereocenters. The molecule has 0 aliphatic carbocycles. The first-order valence-corrected chi connectivity index (χ1v) is 9.38. The topological polar surface area (TPSA) is 54.0 Å². The number of nitrogens with one attached hydrogen (secondary N) is 1. The van der Waals surface area contributed by atoms with Crippen LogP contribution in [0.5, 0.6) is 5.75 Å². The quantitative estimate of drug-likeness (QED) is 0.615. The Balaban J connectivity index is 1.72. The Morgan fingerprint density at radius 3 is 2.30 bits per heavy atom. The molecule has 27 heavy (non-hydrogen) atoms. The number of nitrogens with zero attached hydrogens (tertiary/aromatic N) is 1. The summed E-state index contributed by atoms with van der Waals surface area (Å²) < 4.78 is 10.8. The van der Waals surface area contributed by atoms with Gasteiger partial charge in [0.25, 0.3) is 0 Å². The zero-order chi connectivity index (χ0) is 19.6.